The van der Waals surface area contributed by atoms with E-state index in [1.165, 1.54) is 0 Å². The quantitative estimate of drug-likeness (QED) is 0.623. The van der Waals surface area contributed by atoms with Gasteiger partial charge in [0.15, 0.2) is 5.16 Å². The molecular weight excluding hydrogens is 258 g/mol. The lowest BCUT2D eigenvalue weighted by atomic mass is 10.3. The summed E-state index contributed by atoms with van der Waals surface area (Å²) in [5.41, 5.74) is 6.63. The number of nitrogens with two attached hydrogens (primary N) is 1. The third-order valence-corrected chi connectivity index (χ3v) is 3.32. The number of nitrogen functional groups attached to an aromatic ring is 1. The summed E-state index contributed by atoms with van der Waals surface area (Å²) in [6.45, 7) is 2.16. The van der Waals surface area contributed by atoms with E-state index in [0.29, 0.717) is 11.1 Å². The zero-order valence-corrected chi connectivity index (χ0v) is 11.7. The van der Waals surface area contributed by atoms with Gasteiger partial charge in [-0.25, -0.2) is 0 Å². The Labute approximate surface area is 117 Å². The molecule has 0 saturated carbocycles. The monoisotopic (exact) mass is 275 g/mol. The Morgan fingerprint density at radius 2 is 1.95 bits per heavy atom. The van der Waals surface area contributed by atoms with E-state index in [1.54, 1.807) is 11.8 Å². The molecule has 100 valence electrons. The minimum Gasteiger partial charge on any atom is -0.368 e. The van der Waals surface area contributed by atoms with Crippen molar-refractivity contribution in [3.8, 4) is 0 Å². The van der Waals surface area contributed by atoms with Crippen molar-refractivity contribution in [2.24, 2.45) is 0 Å². The summed E-state index contributed by atoms with van der Waals surface area (Å²) in [5, 5.41) is 3.79. The van der Waals surface area contributed by atoms with Crippen molar-refractivity contribution < 1.29 is 0 Å². The van der Waals surface area contributed by atoms with E-state index < -0.39 is 0 Å². The van der Waals surface area contributed by atoms with Gasteiger partial charge in [0.05, 0.1) is 0 Å². The standard InChI is InChI=1S/C13H17N5S/c1-2-3-9-19-13-17-11(14)16-12(18-13)15-10-7-5-4-6-8-10/h4-8H,2-3,9H2,1H3,(H3,14,15,16,17,18). The molecule has 0 fully saturated rings. The lowest BCUT2D eigenvalue weighted by Gasteiger charge is -2.06. The van der Waals surface area contributed by atoms with Gasteiger partial charge in [0.1, 0.15) is 0 Å². The van der Waals surface area contributed by atoms with Crippen molar-refractivity contribution in [2.75, 3.05) is 16.8 Å². The average molecular weight is 275 g/mol. The van der Waals surface area contributed by atoms with Gasteiger partial charge >= 0.3 is 0 Å². The first-order valence-electron chi connectivity index (χ1n) is 6.24. The summed E-state index contributed by atoms with van der Waals surface area (Å²) in [5.74, 6) is 1.72. The van der Waals surface area contributed by atoms with Gasteiger partial charge in [0.25, 0.3) is 0 Å². The number of anilines is 3. The van der Waals surface area contributed by atoms with Crippen molar-refractivity contribution in [2.45, 2.75) is 24.9 Å². The number of benzene rings is 1. The van der Waals surface area contributed by atoms with Gasteiger partial charge in [0, 0.05) is 11.4 Å². The number of rotatable bonds is 6. The smallest absolute Gasteiger partial charge is 0.233 e. The molecule has 0 saturated heterocycles. The molecule has 1 aromatic heterocycles. The van der Waals surface area contributed by atoms with E-state index in [9.17, 15) is 0 Å². The van der Waals surface area contributed by atoms with Gasteiger partial charge in [-0.05, 0) is 18.6 Å². The highest BCUT2D eigenvalue weighted by Gasteiger charge is 2.05. The zero-order valence-electron chi connectivity index (χ0n) is 10.8. The number of nitrogens with one attached hydrogen (secondary N) is 1. The fourth-order valence-corrected chi connectivity index (χ4v) is 2.38. The third-order valence-electron chi connectivity index (χ3n) is 2.39. The largest absolute Gasteiger partial charge is 0.368 e. The summed E-state index contributed by atoms with van der Waals surface area (Å²) in [6.07, 6.45) is 2.29. The second kappa shape index (κ2) is 6.94. The normalized spacial score (nSPS) is 10.4. The van der Waals surface area contributed by atoms with Crippen LogP contribution < -0.4 is 11.1 Å². The summed E-state index contributed by atoms with van der Waals surface area (Å²) in [6, 6.07) is 9.75. The number of hydrogen-bond acceptors (Lipinski definition) is 6. The highest BCUT2D eigenvalue weighted by molar-refractivity contribution is 7.99. The summed E-state index contributed by atoms with van der Waals surface area (Å²) in [4.78, 5) is 12.6. The van der Waals surface area contributed by atoms with Crippen molar-refractivity contribution in [3.05, 3.63) is 30.3 Å². The summed E-state index contributed by atoms with van der Waals surface area (Å²) >= 11 is 1.60. The van der Waals surface area contributed by atoms with Gasteiger partial charge < -0.3 is 11.1 Å². The minimum absolute atomic E-state index is 0.243. The van der Waals surface area contributed by atoms with E-state index in [-0.39, 0.29) is 5.95 Å². The molecule has 0 unspecified atom stereocenters. The second-order valence-corrected chi connectivity index (χ2v) is 5.05. The van der Waals surface area contributed by atoms with Crippen molar-refractivity contribution >= 4 is 29.3 Å². The molecule has 3 N–H and O–H groups in total. The van der Waals surface area contributed by atoms with Crippen LogP contribution in [0.4, 0.5) is 17.6 Å². The molecule has 0 amide bonds. The highest BCUT2D eigenvalue weighted by atomic mass is 32.2. The van der Waals surface area contributed by atoms with Gasteiger partial charge in [-0.1, -0.05) is 43.3 Å². The van der Waals surface area contributed by atoms with Crippen LogP contribution in [0.5, 0.6) is 0 Å². The molecule has 1 aromatic carbocycles. The van der Waals surface area contributed by atoms with Crippen LogP contribution >= 0.6 is 11.8 Å². The van der Waals surface area contributed by atoms with E-state index in [0.717, 1.165) is 24.3 Å². The van der Waals surface area contributed by atoms with E-state index in [4.69, 9.17) is 5.73 Å². The number of unbranched alkanes of at least 4 members (excludes halogenated alkanes) is 1. The predicted octanol–water partition coefficient (Wildman–Crippen LogP) is 3.09. The van der Waals surface area contributed by atoms with Crippen LogP contribution in [0.1, 0.15) is 19.8 Å². The Hall–Kier alpha value is -1.82. The van der Waals surface area contributed by atoms with Crippen LogP contribution in [0.25, 0.3) is 0 Å². The number of thioether (sulfide) groups is 1. The van der Waals surface area contributed by atoms with Crippen molar-refractivity contribution in [1.29, 1.82) is 0 Å². The molecule has 0 atom stereocenters. The summed E-state index contributed by atoms with van der Waals surface area (Å²) < 4.78 is 0. The molecule has 0 radical (unpaired) electrons. The van der Waals surface area contributed by atoms with E-state index in [1.807, 2.05) is 30.3 Å². The van der Waals surface area contributed by atoms with E-state index in [2.05, 4.69) is 27.2 Å². The third kappa shape index (κ3) is 4.40. The van der Waals surface area contributed by atoms with Crippen LogP contribution in [0.15, 0.2) is 35.5 Å². The van der Waals surface area contributed by atoms with Gasteiger partial charge in [-0.2, -0.15) is 15.0 Å². The predicted molar refractivity (Wildman–Crippen MR) is 79.6 cm³/mol. The Morgan fingerprint density at radius 1 is 1.16 bits per heavy atom. The molecular formula is C13H17N5S. The average Bonchev–Trinajstić information content (AvgIpc) is 2.39. The Bertz CT molecular complexity index is 518. The first kappa shape index (κ1) is 13.6. The molecule has 0 spiro atoms. The Morgan fingerprint density at radius 3 is 2.68 bits per heavy atom. The fourth-order valence-electron chi connectivity index (χ4n) is 1.45. The number of aromatic nitrogens is 3. The summed E-state index contributed by atoms with van der Waals surface area (Å²) in [7, 11) is 0. The van der Waals surface area contributed by atoms with Crippen LogP contribution in [-0.4, -0.2) is 20.7 Å². The topological polar surface area (TPSA) is 76.7 Å². The lowest BCUT2D eigenvalue weighted by Crippen LogP contribution is -2.04. The van der Waals surface area contributed by atoms with Gasteiger partial charge in [0.2, 0.25) is 11.9 Å². The minimum atomic E-state index is 0.243. The molecule has 0 aliphatic carbocycles. The Kier molecular flexibility index (Phi) is 4.97. The number of nitrogens with zero attached hydrogens (tertiary/aromatic N) is 3. The maximum atomic E-state index is 5.70. The van der Waals surface area contributed by atoms with Crippen LogP contribution in [0, 0.1) is 0 Å². The molecule has 1 heterocycles. The first-order chi connectivity index (χ1) is 9.28. The maximum Gasteiger partial charge on any atom is 0.233 e. The van der Waals surface area contributed by atoms with Gasteiger partial charge in [-0.3, -0.25) is 0 Å². The van der Waals surface area contributed by atoms with Crippen molar-refractivity contribution in [3.63, 3.8) is 0 Å². The molecule has 2 aromatic rings. The molecule has 0 aliphatic rings. The molecule has 6 heteroatoms. The van der Waals surface area contributed by atoms with Crippen LogP contribution in [0.2, 0.25) is 0 Å². The molecule has 19 heavy (non-hydrogen) atoms. The molecule has 0 aliphatic heterocycles. The maximum absolute atomic E-state index is 5.70. The van der Waals surface area contributed by atoms with Crippen LogP contribution in [-0.2, 0) is 0 Å². The van der Waals surface area contributed by atoms with E-state index >= 15 is 0 Å². The molecule has 0 bridgehead atoms. The second-order valence-electron chi connectivity index (χ2n) is 3.99. The highest BCUT2D eigenvalue weighted by Crippen LogP contribution is 2.19. The number of hydrogen-bond donors (Lipinski definition) is 2. The molecule has 5 nitrogen and oxygen atoms in total. The zero-order chi connectivity index (χ0) is 13.5. The SMILES string of the molecule is CCCCSc1nc(N)nc(Nc2ccccc2)n1. The van der Waals surface area contributed by atoms with Crippen LogP contribution in [0.3, 0.4) is 0 Å². The molecule has 2 rings (SSSR count). The Balaban J connectivity index is 2.08. The van der Waals surface area contributed by atoms with Crippen molar-refractivity contribution in [1.82, 2.24) is 15.0 Å². The first-order valence-corrected chi connectivity index (χ1v) is 7.23. The fraction of sp³-hybridized carbons (Fsp3) is 0.308. The lowest BCUT2D eigenvalue weighted by molar-refractivity contribution is 0.883. The number of para-hydroxylation sites is 1. The van der Waals surface area contributed by atoms with Gasteiger partial charge in [-0.15, -0.1) is 0 Å².